The van der Waals surface area contributed by atoms with Gasteiger partial charge in [0.15, 0.2) is 0 Å². The van der Waals surface area contributed by atoms with Crippen LogP contribution in [0.1, 0.15) is 30.5 Å². The van der Waals surface area contributed by atoms with Crippen LogP contribution in [0.3, 0.4) is 0 Å². The van der Waals surface area contributed by atoms with Gasteiger partial charge >= 0.3 is 0 Å². The van der Waals surface area contributed by atoms with Gasteiger partial charge in [-0.05, 0) is 43.9 Å². The molecule has 2 rings (SSSR count). The summed E-state index contributed by atoms with van der Waals surface area (Å²) >= 11 is 0. The van der Waals surface area contributed by atoms with E-state index in [0.29, 0.717) is 0 Å². The van der Waals surface area contributed by atoms with E-state index in [1.807, 2.05) is 0 Å². The Kier molecular flexibility index (Phi) is 3.99. The molecule has 0 radical (unpaired) electrons. The van der Waals surface area contributed by atoms with Gasteiger partial charge in [-0.3, -0.25) is 0 Å². The summed E-state index contributed by atoms with van der Waals surface area (Å²) in [6.07, 6.45) is 1.03. The molecule has 0 bridgehead atoms. The lowest BCUT2D eigenvalue weighted by molar-refractivity contribution is 1.14. The number of rotatable bonds is 3. The molecule has 0 heteroatoms. The van der Waals surface area contributed by atoms with Gasteiger partial charge < -0.3 is 0 Å². The molecule has 92 valence electrons. The fourth-order valence-corrected chi connectivity index (χ4v) is 2.08. The zero-order valence-corrected chi connectivity index (χ0v) is 11.4. The van der Waals surface area contributed by atoms with Crippen molar-refractivity contribution in [1.82, 2.24) is 0 Å². The lowest BCUT2D eigenvalue weighted by atomic mass is 9.97. The first-order chi connectivity index (χ1) is 8.66. The molecule has 2 aromatic rings. The Bertz CT molecular complexity index is 530. The molecule has 2 aromatic carbocycles. The minimum atomic E-state index is 1.03. The van der Waals surface area contributed by atoms with Crippen LogP contribution in [0.5, 0.6) is 0 Å². The summed E-state index contributed by atoms with van der Waals surface area (Å²) in [5.41, 5.74) is 6.84. The molecule has 0 saturated carbocycles. The van der Waals surface area contributed by atoms with Crippen molar-refractivity contribution in [2.24, 2.45) is 0 Å². The summed E-state index contributed by atoms with van der Waals surface area (Å²) in [7, 11) is 0. The number of benzene rings is 2. The van der Waals surface area contributed by atoms with Crippen LogP contribution in [0.2, 0.25) is 0 Å². The molecule has 0 aliphatic heterocycles. The Morgan fingerprint density at radius 2 is 1.44 bits per heavy atom. The average molecular weight is 236 g/mol. The van der Waals surface area contributed by atoms with Crippen molar-refractivity contribution in [2.75, 3.05) is 0 Å². The van der Waals surface area contributed by atoms with E-state index in [4.69, 9.17) is 0 Å². The molecule has 0 aliphatic rings. The molecule has 0 aromatic heterocycles. The third-order valence-electron chi connectivity index (χ3n) is 3.44. The van der Waals surface area contributed by atoms with Crippen LogP contribution in [-0.2, 0) is 6.42 Å². The van der Waals surface area contributed by atoms with Crippen LogP contribution in [0.15, 0.2) is 60.2 Å². The number of allylic oxidation sites excluding steroid dienone is 2. The number of hydrogen-bond donors (Lipinski definition) is 0. The van der Waals surface area contributed by atoms with Crippen molar-refractivity contribution in [1.29, 1.82) is 0 Å². The average Bonchev–Trinajstić information content (AvgIpc) is 2.40. The molecule has 0 atom stereocenters. The maximum Gasteiger partial charge on any atom is -0.00639 e. The lowest BCUT2D eigenvalue weighted by Crippen LogP contribution is -1.91. The monoisotopic (exact) mass is 236 g/mol. The van der Waals surface area contributed by atoms with Gasteiger partial charge in [-0.25, -0.2) is 0 Å². The van der Waals surface area contributed by atoms with E-state index in [1.165, 1.54) is 27.8 Å². The zero-order valence-electron chi connectivity index (χ0n) is 11.4. The first kappa shape index (κ1) is 12.6. The Morgan fingerprint density at radius 3 is 2.06 bits per heavy atom. The highest BCUT2D eigenvalue weighted by molar-refractivity contribution is 5.67. The summed E-state index contributed by atoms with van der Waals surface area (Å²) in [6, 6.07) is 19.4. The van der Waals surface area contributed by atoms with Gasteiger partial charge in [-0.1, -0.05) is 65.7 Å². The van der Waals surface area contributed by atoms with E-state index >= 15 is 0 Å². The second kappa shape index (κ2) is 5.68. The van der Waals surface area contributed by atoms with E-state index in [1.54, 1.807) is 0 Å². The van der Waals surface area contributed by atoms with Crippen LogP contribution in [-0.4, -0.2) is 0 Å². The van der Waals surface area contributed by atoms with Crippen molar-refractivity contribution >= 4 is 5.57 Å². The van der Waals surface area contributed by atoms with Gasteiger partial charge in [-0.2, -0.15) is 0 Å². The van der Waals surface area contributed by atoms with Crippen molar-refractivity contribution in [3.8, 4) is 0 Å². The molecular formula is C18H20. The van der Waals surface area contributed by atoms with Crippen molar-refractivity contribution in [3.63, 3.8) is 0 Å². The summed E-state index contributed by atoms with van der Waals surface area (Å²) in [4.78, 5) is 0. The molecule has 0 nitrogen and oxygen atoms in total. The third kappa shape index (κ3) is 3.10. The van der Waals surface area contributed by atoms with E-state index < -0.39 is 0 Å². The minimum absolute atomic E-state index is 1.03. The van der Waals surface area contributed by atoms with Gasteiger partial charge in [0.05, 0.1) is 0 Å². The van der Waals surface area contributed by atoms with Gasteiger partial charge in [0.1, 0.15) is 0 Å². The van der Waals surface area contributed by atoms with E-state index in [9.17, 15) is 0 Å². The fraction of sp³-hybridized carbons (Fsp3) is 0.222. The smallest absolute Gasteiger partial charge is 0.00639 e. The Balaban J connectivity index is 2.22. The second-order valence-electron chi connectivity index (χ2n) is 4.93. The maximum atomic E-state index is 2.22. The van der Waals surface area contributed by atoms with Crippen LogP contribution in [0.25, 0.3) is 5.57 Å². The van der Waals surface area contributed by atoms with E-state index in [2.05, 4.69) is 75.4 Å². The van der Waals surface area contributed by atoms with Crippen molar-refractivity contribution in [3.05, 3.63) is 76.9 Å². The summed E-state index contributed by atoms with van der Waals surface area (Å²) in [5.74, 6) is 0. The molecule has 0 unspecified atom stereocenters. The third-order valence-corrected chi connectivity index (χ3v) is 3.44. The largest absolute Gasteiger partial charge is 0.0654 e. The molecule has 18 heavy (non-hydrogen) atoms. The van der Waals surface area contributed by atoms with Crippen molar-refractivity contribution < 1.29 is 0 Å². The van der Waals surface area contributed by atoms with Crippen LogP contribution in [0, 0.1) is 6.92 Å². The zero-order chi connectivity index (χ0) is 13.0. The lowest BCUT2D eigenvalue weighted by Gasteiger charge is -2.09. The highest BCUT2D eigenvalue weighted by Gasteiger charge is 2.01. The Labute approximate surface area is 110 Å². The van der Waals surface area contributed by atoms with Gasteiger partial charge in [-0.15, -0.1) is 0 Å². The Hall–Kier alpha value is -1.82. The Morgan fingerprint density at radius 1 is 0.833 bits per heavy atom. The maximum absolute atomic E-state index is 2.22. The normalized spacial score (nSPS) is 12.2. The topological polar surface area (TPSA) is 0 Å². The molecule has 0 amide bonds. The van der Waals surface area contributed by atoms with Crippen LogP contribution in [0.4, 0.5) is 0 Å². The fourth-order valence-electron chi connectivity index (χ4n) is 2.08. The second-order valence-corrected chi connectivity index (χ2v) is 4.93. The molecule has 0 aliphatic carbocycles. The first-order valence-corrected chi connectivity index (χ1v) is 6.44. The predicted octanol–water partition coefficient (Wildman–Crippen LogP) is 5.03. The summed E-state index contributed by atoms with van der Waals surface area (Å²) in [6.45, 7) is 6.56. The molecule has 0 spiro atoms. The van der Waals surface area contributed by atoms with Crippen LogP contribution >= 0.6 is 0 Å². The number of aryl methyl sites for hydroxylation is 1. The first-order valence-electron chi connectivity index (χ1n) is 6.44. The molecule has 0 N–H and O–H groups in total. The minimum Gasteiger partial charge on any atom is -0.0654 e. The molecule has 0 saturated heterocycles. The van der Waals surface area contributed by atoms with Gasteiger partial charge in [0.25, 0.3) is 0 Å². The standard InChI is InChI=1S/C18H20/c1-14-9-11-18(12-10-14)16(3)15(2)13-17-7-5-4-6-8-17/h4-12H,13H2,1-3H3. The van der Waals surface area contributed by atoms with E-state index in [0.717, 1.165) is 6.42 Å². The van der Waals surface area contributed by atoms with Crippen molar-refractivity contribution in [2.45, 2.75) is 27.2 Å². The predicted molar refractivity (Wildman–Crippen MR) is 79.6 cm³/mol. The highest BCUT2D eigenvalue weighted by atomic mass is 14.1. The quantitative estimate of drug-likeness (QED) is 0.701. The number of hydrogen-bond acceptors (Lipinski definition) is 0. The summed E-state index contributed by atoms with van der Waals surface area (Å²) in [5, 5.41) is 0. The van der Waals surface area contributed by atoms with E-state index in [-0.39, 0.29) is 0 Å². The summed E-state index contributed by atoms with van der Waals surface area (Å²) < 4.78 is 0. The molecule has 0 fully saturated rings. The van der Waals surface area contributed by atoms with Gasteiger partial charge in [0, 0.05) is 0 Å². The molecule has 0 heterocycles. The van der Waals surface area contributed by atoms with Crippen LogP contribution < -0.4 is 0 Å². The SMILES string of the molecule is CC(Cc1ccccc1)=C(C)c1ccc(C)cc1. The molecular weight excluding hydrogens is 216 g/mol. The van der Waals surface area contributed by atoms with Gasteiger partial charge in [0.2, 0.25) is 0 Å². The highest BCUT2D eigenvalue weighted by Crippen LogP contribution is 2.21.